The molecule has 0 saturated carbocycles. The summed E-state index contributed by atoms with van der Waals surface area (Å²) in [6.07, 6.45) is 5.13. The highest BCUT2D eigenvalue weighted by atomic mass is 31.1. The minimum Gasteiger partial charge on any atom is -0.254 e. The molecule has 0 amide bonds. The first-order valence-corrected chi connectivity index (χ1v) is 9.50. The van der Waals surface area contributed by atoms with Gasteiger partial charge in [0.25, 0.3) is 0 Å². The number of nitrogens with zero attached hydrogens (tertiary/aromatic N) is 2. The van der Waals surface area contributed by atoms with Gasteiger partial charge in [0.05, 0.1) is 10.9 Å². The number of aryl methyl sites for hydroxylation is 2. The Morgan fingerprint density at radius 2 is 1.20 bits per heavy atom. The van der Waals surface area contributed by atoms with Crippen molar-refractivity contribution in [1.82, 2.24) is 9.97 Å². The van der Waals surface area contributed by atoms with Crippen LogP contribution in [0.15, 0.2) is 36.4 Å². The van der Waals surface area contributed by atoms with E-state index in [1.165, 1.54) is 36.0 Å². The van der Waals surface area contributed by atoms with Crippen molar-refractivity contribution in [2.75, 3.05) is 12.3 Å². The van der Waals surface area contributed by atoms with Crippen LogP contribution in [0.3, 0.4) is 0 Å². The van der Waals surface area contributed by atoms with Crippen LogP contribution in [-0.2, 0) is 0 Å². The average molecular weight is 304 g/mol. The summed E-state index contributed by atoms with van der Waals surface area (Å²) in [6.45, 7) is 4.12. The molecule has 20 heavy (non-hydrogen) atoms. The number of unbranched alkanes of at least 4 members (excludes halogenated alkanes) is 1. The molecule has 2 atom stereocenters. The SMILES string of the molecule is Cc1cccc(PCCCCPc2cccc(C)n2)n1. The third-order valence-corrected chi connectivity index (χ3v) is 5.48. The molecule has 2 heterocycles. The van der Waals surface area contributed by atoms with Gasteiger partial charge in [-0.1, -0.05) is 29.3 Å². The van der Waals surface area contributed by atoms with Crippen molar-refractivity contribution >= 4 is 28.0 Å². The summed E-state index contributed by atoms with van der Waals surface area (Å²) < 4.78 is 0. The molecule has 0 spiro atoms. The first kappa shape index (κ1) is 15.5. The fraction of sp³-hybridized carbons (Fsp3) is 0.375. The number of pyridine rings is 2. The van der Waals surface area contributed by atoms with Gasteiger partial charge in [-0.25, -0.2) is 0 Å². The highest BCUT2D eigenvalue weighted by Crippen LogP contribution is 2.16. The highest BCUT2D eigenvalue weighted by molar-refractivity contribution is 7.47. The molecule has 0 saturated heterocycles. The van der Waals surface area contributed by atoms with E-state index in [1.807, 2.05) is 0 Å². The molecule has 2 aromatic rings. The predicted octanol–water partition coefficient (Wildman–Crippen LogP) is 3.18. The molecule has 0 radical (unpaired) electrons. The maximum atomic E-state index is 4.55. The van der Waals surface area contributed by atoms with E-state index in [2.05, 4.69) is 60.2 Å². The Kier molecular flexibility index (Phi) is 6.57. The summed E-state index contributed by atoms with van der Waals surface area (Å²) in [5, 5.41) is 0. The van der Waals surface area contributed by atoms with E-state index in [4.69, 9.17) is 0 Å². The van der Waals surface area contributed by atoms with Gasteiger partial charge >= 0.3 is 0 Å². The molecule has 2 unspecified atom stereocenters. The second-order valence-corrected chi connectivity index (χ2v) is 7.62. The van der Waals surface area contributed by atoms with Crippen LogP contribution in [0.1, 0.15) is 24.2 Å². The predicted molar refractivity (Wildman–Crippen MR) is 92.8 cm³/mol. The van der Waals surface area contributed by atoms with Gasteiger partial charge < -0.3 is 0 Å². The van der Waals surface area contributed by atoms with Gasteiger partial charge in [0, 0.05) is 11.4 Å². The molecule has 0 aliphatic rings. The summed E-state index contributed by atoms with van der Waals surface area (Å²) in [6, 6.07) is 12.6. The van der Waals surface area contributed by atoms with Crippen molar-refractivity contribution < 1.29 is 0 Å². The number of aromatic nitrogens is 2. The first-order chi connectivity index (χ1) is 9.74. The summed E-state index contributed by atoms with van der Waals surface area (Å²) in [5.41, 5.74) is 4.77. The molecule has 0 aliphatic carbocycles. The van der Waals surface area contributed by atoms with E-state index >= 15 is 0 Å². The topological polar surface area (TPSA) is 25.8 Å². The lowest BCUT2D eigenvalue weighted by molar-refractivity contribution is 0.904. The molecular formula is C16H22N2P2. The van der Waals surface area contributed by atoms with E-state index in [9.17, 15) is 0 Å². The number of rotatable bonds is 7. The summed E-state index contributed by atoms with van der Waals surface area (Å²) in [4.78, 5) is 9.10. The quantitative estimate of drug-likeness (QED) is 0.580. The molecule has 106 valence electrons. The van der Waals surface area contributed by atoms with E-state index in [1.54, 1.807) is 0 Å². The van der Waals surface area contributed by atoms with Crippen molar-refractivity contribution in [2.45, 2.75) is 26.7 Å². The van der Waals surface area contributed by atoms with Gasteiger partial charge in [0.1, 0.15) is 0 Å². The molecular weight excluding hydrogens is 282 g/mol. The second-order valence-electron chi connectivity index (χ2n) is 4.89. The Balaban J connectivity index is 1.60. The largest absolute Gasteiger partial charge is 0.254 e. The van der Waals surface area contributed by atoms with Gasteiger partial charge in [-0.2, -0.15) is 0 Å². The maximum absolute atomic E-state index is 4.55. The van der Waals surface area contributed by atoms with Crippen LogP contribution in [0.4, 0.5) is 0 Å². The van der Waals surface area contributed by atoms with E-state index in [-0.39, 0.29) is 0 Å². The normalized spacial score (nSPS) is 11.9. The standard InChI is InChI=1S/C16H22N2P2/c1-13-7-5-9-15(17-13)19-11-3-4-12-20-16-10-6-8-14(2)18-16/h5-10,19-20H,3-4,11-12H2,1-2H3. The van der Waals surface area contributed by atoms with Gasteiger partial charge in [0.2, 0.25) is 0 Å². The monoisotopic (exact) mass is 304 g/mol. The van der Waals surface area contributed by atoms with Gasteiger partial charge in [-0.05, 0) is 63.3 Å². The lowest BCUT2D eigenvalue weighted by atomic mass is 10.4. The van der Waals surface area contributed by atoms with Crippen molar-refractivity contribution in [3.63, 3.8) is 0 Å². The average Bonchev–Trinajstić information content (AvgIpc) is 2.43. The minimum atomic E-state index is 0.853. The zero-order chi connectivity index (χ0) is 14.2. The van der Waals surface area contributed by atoms with Crippen molar-refractivity contribution in [3.8, 4) is 0 Å². The zero-order valence-corrected chi connectivity index (χ0v) is 14.2. The van der Waals surface area contributed by atoms with Crippen LogP contribution in [0.2, 0.25) is 0 Å². The first-order valence-electron chi connectivity index (χ1n) is 7.09. The van der Waals surface area contributed by atoms with Crippen molar-refractivity contribution in [1.29, 1.82) is 0 Å². The van der Waals surface area contributed by atoms with Crippen LogP contribution in [0, 0.1) is 13.8 Å². The van der Waals surface area contributed by atoms with Crippen LogP contribution >= 0.6 is 17.2 Å². The van der Waals surface area contributed by atoms with Gasteiger partial charge in [0.15, 0.2) is 0 Å². The number of hydrogen-bond donors (Lipinski definition) is 0. The Morgan fingerprint density at radius 1 is 0.750 bits per heavy atom. The second kappa shape index (κ2) is 8.45. The molecule has 0 aromatic carbocycles. The Morgan fingerprint density at radius 3 is 1.60 bits per heavy atom. The fourth-order valence-electron chi connectivity index (χ4n) is 1.97. The van der Waals surface area contributed by atoms with Crippen LogP contribution in [-0.4, -0.2) is 22.3 Å². The van der Waals surface area contributed by atoms with Crippen molar-refractivity contribution in [3.05, 3.63) is 47.8 Å². The summed E-state index contributed by atoms with van der Waals surface area (Å²) in [7, 11) is 1.71. The highest BCUT2D eigenvalue weighted by Gasteiger charge is 1.97. The third kappa shape index (κ3) is 5.65. The molecule has 0 bridgehead atoms. The van der Waals surface area contributed by atoms with Gasteiger partial charge in [-0.3, -0.25) is 9.97 Å². The third-order valence-electron chi connectivity index (χ3n) is 2.99. The van der Waals surface area contributed by atoms with E-state index in [0.717, 1.165) is 28.5 Å². The molecule has 0 N–H and O–H groups in total. The van der Waals surface area contributed by atoms with E-state index in [0.29, 0.717) is 0 Å². The molecule has 0 fully saturated rings. The maximum Gasteiger partial charge on any atom is 0.0603 e. The van der Waals surface area contributed by atoms with Crippen LogP contribution in [0.25, 0.3) is 0 Å². The molecule has 0 aliphatic heterocycles. The molecule has 2 rings (SSSR count). The molecule has 4 heteroatoms. The van der Waals surface area contributed by atoms with Crippen molar-refractivity contribution in [2.24, 2.45) is 0 Å². The smallest absolute Gasteiger partial charge is 0.0603 e. The Hall–Kier alpha value is -0.840. The fourth-order valence-corrected chi connectivity index (χ4v) is 4.27. The Bertz CT molecular complexity index is 494. The molecule has 2 nitrogen and oxygen atoms in total. The minimum absolute atomic E-state index is 0.853. The lowest BCUT2D eigenvalue weighted by Gasteiger charge is -2.04. The Labute approximate surface area is 125 Å². The summed E-state index contributed by atoms with van der Waals surface area (Å²) >= 11 is 0. The summed E-state index contributed by atoms with van der Waals surface area (Å²) in [5.74, 6) is 0. The van der Waals surface area contributed by atoms with Crippen LogP contribution in [0.5, 0.6) is 0 Å². The van der Waals surface area contributed by atoms with E-state index < -0.39 is 0 Å². The van der Waals surface area contributed by atoms with Crippen LogP contribution < -0.4 is 10.9 Å². The molecule has 2 aromatic heterocycles. The van der Waals surface area contributed by atoms with Gasteiger partial charge in [-0.15, -0.1) is 0 Å². The number of hydrogen-bond acceptors (Lipinski definition) is 2. The zero-order valence-electron chi connectivity index (χ0n) is 12.2. The lowest BCUT2D eigenvalue weighted by Crippen LogP contribution is -2.04.